The average molecular weight is 466 g/mol. The van der Waals surface area contributed by atoms with E-state index < -0.39 is 13.9 Å². The lowest BCUT2D eigenvalue weighted by atomic mass is 9.90. The highest BCUT2D eigenvalue weighted by molar-refractivity contribution is 6.74. The SMILES string of the molecule is CC(C)(C)[Si](C)(C)O[C@@H]1Cc2ccccc2[C@@H]1NC(=O)[C@]1(Cc2ccccc2)CCC(=O)O1. The molecule has 3 atom stereocenters. The van der Waals surface area contributed by atoms with Gasteiger partial charge < -0.3 is 14.5 Å². The van der Waals surface area contributed by atoms with Crippen LogP contribution in [0.5, 0.6) is 0 Å². The third-order valence-corrected chi connectivity index (χ3v) is 12.0. The fourth-order valence-corrected chi connectivity index (χ4v) is 5.91. The van der Waals surface area contributed by atoms with E-state index >= 15 is 0 Å². The number of ether oxygens (including phenoxy) is 1. The van der Waals surface area contributed by atoms with Crippen molar-refractivity contribution in [3.63, 3.8) is 0 Å². The van der Waals surface area contributed by atoms with Crippen molar-refractivity contribution in [2.24, 2.45) is 0 Å². The summed E-state index contributed by atoms with van der Waals surface area (Å²) < 4.78 is 12.5. The third kappa shape index (κ3) is 4.78. The first kappa shape index (κ1) is 23.7. The lowest BCUT2D eigenvalue weighted by Crippen LogP contribution is -2.52. The molecule has 4 rings (SSSR count). The molecule has 0 unspecified atom stereocenters. The Bertz CT molecular complexity index is 1030. The van der Waals surface area contributed by atoms with Crippen LogP contribution in [0.4, 0.5) is 0 Å². The van der Waals surface area contributed by atoms with E-state index in [4.69, 9.17) is 9.16 Å². The summed E-state index contributed by atoms with van der Waals surface area (Å²) in [5.41, 5.74) is 2.08. The van der Waals surface area contributed by atoms with Gasteiger partial charge in [0.05, 0.1) is 12.1 Å². The Labute approximate surface area is 198 Å². The molecule has 0 saturated carbocycles. The van der Waals surface area contributed by atoms with Crippen LogP contribution in [0.25, 0.3) is 0 Å². The van der Waals surface area contributed by atoms with Crippen molar-refractivity contribution in [2.75, 3.05) is 0 Å². The Kier molecular flexibility index (Phi) is 6.27. The van der Waals surface area contributed by atoms with Crippen molar-refractivity contribution in [1.29, 1.82) is 0 Å². The molecule has 1 heterocycles. The van der Waals surface area contributed by atoms with Crippen LogP contribution >= 0.6 is 0 Å². The standard InChI is InChI=1S/C27H35NO4Si/c1-26(2,3)33(4,5)32-22-17-20-13-9-10-14-21(20)24(22)28-25(30)27(16-15-23(29)31-27)18-19-11-7-6-8-12-19/h6-14,22,24H,15-18H2,1-5H3,(H,28,30)/t22-,24+,27-/m1/s1. The summed E-state index contributed by atoms with van der Waals surface area (Å²) >= 11 is 0. The maximum absolute atomic E-state index is 13.8. The second-order valence-electron chi connectivity index (χ2n) is 10.9. The van der Waals surface area contributed by atoms with E-state index in [9.17, 15) is 9.59 Å². The number of rotatable bonds is 6. The van der Waals surface area contributed by atoms with Crippen molar-refractivity contribution in [2.45, 2.75) is 82.3 Å². The Balaban J connectivity index is 1.62. The Morgan fingerprint density at radius 1 is 1.12 bits per heavy atom. The van der Waals surface area contributed by atoms with Gasteiger partial charge in [0.1, 0.15) is 0 Å². The van der Waals surface area contributed by atoms with Crippen LogP contribution in [0.2, 0.25) is 18.1 Å². The Hall–Kier alpha value is -2.44. The summed E-state index contributed by atoms with van der Waals surface area (Å²) in [6.45, 7) is 11.2. The molecule has 1 fully saturated rings. The number of hydrogen-bond donors (Lipinski definition) is 1. The topological polar surface area (TPSA) is 64.6 Å². The monoisotopic (exact) mass is 465 g/mol. The minimum atomic E-state index is -2.06. The van der Waals surface area contributed by atoms with Crippen molar-refractivity contribution in [3.8, 4) is 0 Å². The van der Waals surface area contributed by atoms with E-state index in [0.29, 0.717) is 12.8 Å². The van der Waals surface area contributed by atoms with Gasteiger partial charge in [-0.1, -0.05) is 75.4 Å². The predicted molar refractivity (Wildman–Crippen MR) is 131 cm³/mol. The zero-order valence-corrected chi connectivity index (χ0v) is 21.3. The Morgan fingerprint density at radius 3 is 2.42 bits per heavy atom. The van der Waals surface area contributed by atoms with Crippen molar-refractivity contribution in [3.05, 3.63) is 71.3 Å². The van der Waals surface area contributed by atoms with Gasteiger partial charge in [0.15, 0.2) is 13.9 Å². The van der Waals surface area contributed by atoms with Crippen molar-refractivity contribution >= 4 is 20.2 Å². The molecule has 0 radical (unpaired) electrons. The van der Waals surface area contributed by atoms with Gasteiger partial charge >= 0.3 is 5.97 Å². The number of esters is 1. The van der Waals surface area contributed by atoms with Crippen LogP contribution in [0.3, 0.4) is 0 Å². The highest BCUT2D eigenvalue weighted by atomic mass is 28.4. The lowest BCUT2D eigenvalue weighted by molar-refractivity contribution is -0.159. The van der Waals surface area contributed by atoms with Crippen LogP contribution in [0.1, 0.15) is 56.3 Å². The maximum atomic E-state index is 13.8. The van der Waals surface area contributed by atoms with Crippen LogP contribution < -0.4 is 5.32 Å². The summed E-state index contributed by atoms with van der Waals surface area (Å²) in [6, 6.07) is 17.7. The van der Waals surface area contributed by atoms with Crippen LogP contribution in [-0.4, -0.2) is 31.9 Å². The second kappa shape index (κ2) is 8.73. The van der Waals surface area contributed by atoms with Gasteiger partial charge in [0.2, 0.25) is 0 Å². The zero-order chi connectivity index (χ0) is 23.9. The molecule has 6 heteroatoms. The first-order valence-electron chi connectivity index (χ1n) is 11.8. The minimum Gasteiger partial charge on any atom is -0.449 e. The second-order valence-corrected chi connectivity index (χ2v) is 15.7. The molecule has 0 spiro atoms. The molecule has 176 valence electrons. The molecule has 1 saturated heterocycles. The highest BCUT2D eigenvalue weighted by Crippen LogP contribution is 2.42. The van der Waals surface area contributed by atoms with Crippen LogP contribution in [0.15, 0.2) is 54.6 Å². The minimum absolute atomic E-state index is 0.0614. The van der Waals surface area contributed by atoms with Gasteiger partial charge in [0, 0.05) is 25.7 Å². The van der Waals surface area contributed by atoms with Crippen LogP contribution in [-0.2, 0) is 31.6 Å². The molecule has 2 aromatic rings. The fourth-order valence-electron chi connectivity index (χ4n) is 4.58. The smallest absolute Gasteiger partial charge is 0.307 e. The predicted octanol–water partition coefficient (Wildman–Crippen LogP) is 5.11. The molecular formula is C27H35NO4Si. The normalized spacial score (nSPS) is 24.9. The summed E-state index contributed by atoms with van der Waals surface area (Å²) in [5, 5.41) is 3.33. The van der Waals surface area contributed by atoms with E-state index in [0.717, 1.165) is 17.5 Å². The number of nitrogens with one attached hydrogen (secondary N) is 1. The number of carbonyl (C=O) groups is 2. The van der Waals surface area contributed by atoms with Gasteiger partial charge in [-0.2, -0.15) is 0 Å². The number of amides is 1. The van der Waals surface area contributed by atoms with Gasteiger partial charge in [-0.25, -0.2) is 0 Å². The van der Waals surface area contributed by atoms with Gasteiger partial charge in [-0.15, -0.1) is 0 Å². The summed E-state index contributed by atoms with van der Waals surface area (Å²) in [6.07, 6.45) is 1.63. The van der Waals surface area contributed by atoms with E-state index in [1.54, 1.807) is 0 Å². The van der Waals surface area contributed by atoms with Gasteiger partial charge in [-0.3, -0.25) is 9.59 Å². The van der Waals surface area contributed by atoms with Crippen molar-refractivity contribution < 1.29 is 18.8 Å². The number of cyclic esters (lactones) is 1. The molecular weight excluding hydrogens is 430 g/mol. The van der Waals surface area contributed by atoms with Crippen molar-refractivity contribution in [1.82, 2.24) is 5.32 Å². The Morgan fingerprint density at radius 2 is 1.79 bits per heavy atom. The number of benzene rings is 2. The lowest BCUT2D eigenvalue weighted by Gasteiger charge is -2.40. The number of hydrogen-bond acceptors (Lipinski definition) is 4. The first-order valence-corrected chi connectivity index (χ1v) is 14.7. The van der Waals surface area contributed by atoms with E-state index in [2.05, 4.69) is 51.3 Å². The van der Waals surface area contributed by atoms with Gasteiger partial charge in [0.25, 0.3) is 5.91 Å². The molecule has 0 bridgehead atoms. The molecule has 5 nitrogen and oxygen atoms in total. The molecule has 33 heavy (non-hydrogen) atoms. The number of fused-ring (bicyclic) bond motifs is 1. The number of carbonyl (C=O) groups excluding carboxylic acids is 2. The summed E-state index contributed by atoms with van der Waals surface area (Å²) in [5.74, 6) is -0.551. The molecule has 2 aliphatic rings. The van der Waals surface area contributed by atoms with E-state index in [1.165, 1.54) is 5.56 Å². The van der Waals surface area contributed by atoms with E-state index in [-0.39, 0.29) is 35.5 Å². The van der Waals surface area contributed by atoms with E-state index in [1.807, 2.05) is 42.5 Å². The molecule has 1 aliphatic heterocycles. The quantitative estimate of drug-likeness (QED) is 0.476. The molecule has 1 amide bonds. The maximum Gasteiger partial charge on any atom is 0.307 e. The molecule has 1 N–H and O–H groups in total. The zero-order valence-electron chi connectivity index (χ0n) is 20.3. The highest BCUT2D eigenvalue weighted by Gasteiger charge is 2.50. The van der Waals surface area contributed by atoms with Crippen LogP contribution in [0, 0.1) is 0 Å². The summed E-state index contributed by atoms with van der Waals surface area (Å²) in [7, 11) is -2.06. The largest absolute Gasteiger partial charge is 0.449 e. The molecule has 0 aromatic heterocycles. The van der Waals surface area contributed by atoms with Gasteiger partial charge in [-0.05, 0) is 34.8 Å². The molecule has 2 aromatic carbocycles. The first-order chi connectivity index (χ1) is 15.5. The third-order valence-electron chi connectivity index (χ3n) is 7.51. The summed E-state index contributed by atoms with van der Waals surface area (Å²) in [4.78, 5) is 25.9. The average Bonchev–Trinajstić information content (AvgIpc) is 3.28. The molecule has 1 aliphatic carbocycles. The fraction of sp³-hybridized carbons (Fsp3) is 0.481.